The minimum atomic E-state index is -0.726. The number of piperazine rings is 1. The molecule has 3 heterocycles. The number of nitrogens with zero attached hydrogens (tertiary/aromatic N) is 1. The minimum Gasteiger partial charge on any atom is -0.369 e. The van der Waals surface area contributed by atoms with Crippen molar-refractivity contribution < 1.29 is 18.7 Å². The Bertz CT molecular complexity index is 610. The number of halogens is 1. The average molecular weight is 439 g/mol. The van der Waals surface area contributed by atoms with Crippen molar-refractivity contribution in [3.63, 3.8) is 0 Å². The lowest BCUT2D eigenvalue weighted by molar-refractivity contribution is -0.149. The van der Waals surface area contributed by atoms with Gasteiger partial charge in [-0.25, -0.2) is 4.39 Å². The van der Waals surface area contributed by atoms with Gasteiger partial charge in [0.15, 0.2) is 0 Å². The Morgan fingerprint density at radius 1 is 1.19 bits per heavy atom. The van der Waals surface area contributed by atoms with Crippen molar-refractivity contribution in [1.29, 1.82) is 0 Å². The van der Waals surface area contributed by atoms with Gasteiger partial charge in [-0.1, -0.05) is 26.2 Å². The first-order valence-corrected chi connectivity index (χ1v) is 12.3. The summed E-state index contributed by atoms with van der Waals surface area (Å²) in [4.78, 5) is 25.5. The van der Waals surface area contributed by atoms with Crippen molar-refractivity contribution in [1.82, 2.24) is 20.9 Å². The van der Waals surface area contributed by atoms with Gasteiger partial charge in [-0.15, -0.1) is 0 Å². The average Bonchev–Trinajstić information content (AvgIpc) is 3.25. The monoisotopic (exact) mass is 438 g/mol. The highest BCUT2D eigenvalue weighted by Crippen LogP contribution is 2.38. The Morgan fingerprint density at radius 2 is 2.00 bits per heavy atom. The van der Waals surface area contributed by atoms with E-state index in [4.69, 9.17) is 4.74 Å². The van der Waals surface area contributed by atoms with Crippen molar-refractivity contribution in [3.05, 3.63) is 0 Å². The summed E-state index contributed by atoms with van der Waals surface area (Å²) < 4.78 is 19.2. The number of hydrogen-bond acceptors (Lipinski definition) is 5. The van der Waals surface area contributed by atoms with Gasteiger partial charge in [0.1, 0.15) is 12.8 Å². The molecule has 3 N–H and O–H groups in total. The summed E-state index contributed by atoms with van der Waals surface area (Å²) in [6.45, 7) is 5.79. The minimum absolute atomic E-state index is 0.0425. The van der Waals surface area contributed by atoms with Gasteiger partial charge in [0.25, 0.3) is 0 Å². The number of fused-ring (bicyclic) bond motifs is 2. The lowest BCUT2D eigenvalue weighted by Gasteiger charge is -2.39. The zero-order valence-corrected chi connectivity index (χ0v) is 18.8. The number of hydrogen-bond donors (Lipinski definition) is 3. The van der Waals surface area contributed by atoms with Crippen LogP contribution in [0.4, 0.5) is 4.39 Å². The van der Waals surface area contributed by atoms with E-state index in [1.165, 1.54) is 19.3 Å². The number of ether oxygens (including phenoxy) is 1. The summed E-state index contributed by atoms with van der Waals surface area (Å²) in [6, 6.07) is 0.649. The van der Waals surface area contributed by atoms with Gasteiger partial charge >= 0.3 is 0 Å². The highest BCUT2D eigenvalue weighted by Gasteiger charge is 2.46. The molecule has 3 saturated heterocycles. The molecule has 7 nitrogen and oxygen atoms in total. The first kappa shape index (κ1) is 22.9. The molecule has 2 aliphatic carbocycles. The number of amides is 2. The number of morpholine rings is 1. The Balaban J connectivity index is 0.000000177. The molecule has 6 atom stereocenters. The fraction of sp³-hybridized carbons (Fsp3) is 0.913. The Morgan fingerprint density at radius 3 is 2.74 bits per heavy atom. The molecule has 0 aromatic heterocycles. The van der Waals surface area contributed by atoms with Crippen molar-refractivity contribution in [2.75, 3.05) is 32.8 Å². The van der Waals surface area contributed by atoms with E-state index >= 15 is 0 Å². The second-order valence-electron chi connectivity index (χ2n) is 10.0. The number of carbonyl (C=O) groups is 2. The predicted molar refractivity (Wildman–Crippen MR) is 116 cm³/mol. The quantitative estimate of drug-likeness (QED) is 0.607. The first-order valence-electron chi connectivity index (χ1n) is 12.3. The van der Waals surface area contributed by atoms with Gasteiger partial charge in [-0.2, -0.15) is 0 Å². The van der Waals surface area contributed by atoms with E-state index in [2.05, 4.69) is 22.9 Å². The highest BCUT2D eigenvalue weighted by molar-refractivity contribution is 5.82. The molecule has 31 heavy (non-hydrogen) atoms. The number of nitrogens with one attached hydrogen (secondary N) is 3. The van der Waals surface area contributed by atoms with E-state index in [1.807, 2.05) is 4.90 Å². The molecule has 0 aromatic rings. The largest absolute Gasteiger partial charge is 0.369 e. The van der Waals surface area contributed by atoms with E-state index in [-0.39, 0.29) is 42.5 Å². The normalized spacial score (nSPS) is 38.5. The summed E-state index contributed by atoms with van der Waals surface area (Å²) in [5.41, 5.74) is 0. The molecule has 3 aliphatic heterocycles. The first-order chi connectivity index (χ1) is 15.0. The second kappa shape index (κ2) is 10.6. The predicted octanol–water partition coefficient (Wildman–Crippen LogP) is 1.37. The van der Waals surface area contributed by atoms with Crippen molar-refractivity contribution in [3.8, 4) is 0 Å². The van der Waals surface area contributed by atoms with Crippen molar-refractivity contribution in [2.24, 2.45) is 11.8 Å². The highest BCUT2D eigenvalue weighted by atomic mass is 19.1. The zero-order chi connectivity index (χ0) is 21.8. The summed E-state index contributed by atoms with van der Waals surface area (Å²) in [5, 5.41) is 9.82. The Kier molecular flexibility index (Phi) is 7.82. The molecular formula is C23H39FN4O3. The third-order valence-corrected chi connectivity index (χ3v) is 7.81. The van der Waals surface area contributed by atoms with Gasteiger partial charge in [0.05, 0.1) is 18.7 Å². The van der Waals surface area contributed by atoms with Gasteiger partial charge in [0.2, 0.25) is 11.8 Å². The van der Waals surface area contributed by atoms with Crippen LogP contribution in [0.15, 0.2) is 0 Å². The topological polar surface area (TPSA) is 82.7 Å². The molecule has 6 unspecified atom stereocenters. The molecule has 0 aromatic carbocycles. The molecule has 2 amide bonds. The van der Waals surface area contributed by atoms with E-state index in [9.17, 15) is 14.0 Å². The van der Waals surface area contributed by atoms with E-state index in [1.54, 1.807) is 0 Å². The van der Waals surface area contributed by atoms with E-state index < -0.39 is 6.17 Å². The Hall–Kier alpha value is -1.25. The van der Waals surface area contributed by atoms with Crippen LogP contribution >= 0.6 is 0 Å². The smallest absolute Gasteiger partial charge is 0.248 e. The van der Waals surface area contributed by atoms with Gasteiger partial charge < -0.3 is 25.6 Å². The summed E-state index contributed by atoms with van der Waals surface area (Å²) in [6.07, 6.45) is 7.49. The standard InChI is InChI=1S/C16H27FN2O.C7H12N2O2/c1-10-7-8-13(17)12-9-14(19-15(10)12)16(20)18-11-5-3-2-4-6-11;10-7-5-11-4-6-3-8-1-2-9(6)7/h10-15,19H,2-9H2,1H3,(H,18,20);6,8H,1-5H2. The molecule has 5 fully saturated rings. The maximum absolute atomic E-state index is 14.0. The molecule has 0 spiro atoms. The van der Waals surface area contributed by atoms with Crippen molar-refractivity contribution in [2.45, 2.75) is 88.6 Å². The summed E-state index contributed by atoms with van der Waals surface area (Å²) in [7, 11) is 0. The molecule has 8 heteroatoms. The van der Waals surface area contributed by atoms with Crippen LogP contribution in [0.5, 0.6) is 0 Å². The van der Waals surface area contributed by atoms with Gasteiger partial charge in [0, 0.05) is 37.6 Å². The maximum Gasteiger partial charge on any atom is 0.248 e. The lowest BCUT2D eigenvalue weighted by atomic mass is 9.77. The summed E-state index contributed by atoms with van der Waals surface area (Å²) >= 11 is 0. The molecule has 0 radical (unpaired) electrons. The SMILES string of the molecule is CC1CCC(F)C2CC(C(=O)NC3CCCCC3)NC12.O=C1COCC2CNCCN12. The fourth-order valence-corrected chi connectivity index (χ4v) is 5.95. The maximum atomic E-state index is 14.0. The van der Waals surface area contributed by atoms with Gasteiger partial charge in [-0.3, -0.25) is 9.59 Å². The van der Waals surface area contributed by atoms with Crippen LogP contribution in [0.1, 0.15) is 58.3 Å². The number of rotatable bonds is 2. The van der Waals surface area contributed by atoms with Crippen LogP contribution in [0, 0.1) is 11.8 Å². The molecule has 0 bridgehead atoms. The number of carbonyl (C=O) groups excluding carboxylic acids is 2. The molecule has 2 saturated carbocycles. The zero-order valence-electron chi connectivity index (χ0n) is 18.8. The number of alkyl halides is 1. The van der Waals surface area contributed by atoms with Crippen LogP contribution in [-0.4, -0.2) is 79.9 Å². The summed E-state index contributed by atoms with van der Waals surface area (Å²) in [5.74, 6) is 0.772. The van der Waals surface area contributed by atoms with Crippen LogP contribution in [-0.2, 0) is 14.3 Å². The van der Waals surface area contributed by atoms with Crippen LogP contribution < -0.4 is 16.0 Å². The van der Waals surface area contributed by atoms with E-state index in [0.29, 0.717) is 31.4 Å². The molecule has 5 rings (SSSR count). The van der Waals surface area contributed by atoms with Crippen LogP contribution in [0.25, 0.3) is 0 Å². The molecule has 176 valence electrons. The third kappa shape index (κ3) is 5.57. The van der Waals surface area contributed by atoms with Crippen LogP contribution in [0.3, 0.4) is 0 Å². The third-order valence-electron chi connectivity index (χ3n) is 7.81. The molecule has 5 aliphatic rings. The lowest BCUT2D eigenvalue weighted by Crippen LogP contribution is -2.59. The second-order valence-corrected chi connectivity index (χ2v) is 10.0. The van der Waals surface area contributed by atoms with Gasteiger partial charge in [-0.05, 0) is 38.0 Å². The fourth-order valence-electron chi connectivity index (χ4n) is 5.95. The molecular weight excluding hydrogens is 399 g/mol. The van der Waals surface area contributed by atoms with Crippen LogP contribution in [0.2, 0.25) is 0 Å². The Labute approximate surface area is 185 Å². The van der Waals surface area contributed by atoms with Crippen molar-refractivity contribution >= 4 is 11.8 Å². The van der Waals surface area contributed by atoms with E-state index in [0.717, 1.165) is 38.9 Å².